The third-order valence-corrected chi connectivity index (χ3v) is 3.74. The van der Waals surface area contributed by atoms with Crippen molar-refractivity contribution in [2.75, 3.05) is 0 Å². The molecule has 0 fully saturated rings. The highest BCUT2D eigenvalue weighted by atomic mass is 35.5. The predicted octanol–water partition coefficient (Wildman–Crippen LogP) is 3.39. The topological polar surface area (TPSA) is 86.5 Å². The van der Waals surface area contributed by atoms with Gasteiger partial charge in [0.25, 0.3) is 5.69 Å². The van der Waals surface area contributed by atoms with E-state index in [1.807, 2.05) is 4.40 Å². The smallest absolute Gasteiger partial charge is 0.269 e. The van der Waals surface area contributed by atoms with Gasteiger partial charge in [-0.25, -0.2) is 4.98 Å². The van der Waals surface area contributed by atoms with Gasteiger partial charge in [-0.05, 0) is 24.3 Å². The molecule has 0 aliphatic heterocycles. The number of nitrogens with zero attached hydrogens (tertiary/aromatic N) is 3. The molecule has 0 radical (unpaired) electrons. The lowest BCUT2D eigenvalue weighted by atomic mass is 10.1. The lowest BCUT2D eigenvalue weighted by molar-refractivity contribution is -0.384. The van der Waals surface area contributed by atoms with Gasteiger partial charge in [0, 0.05) is 30.3 Å². The van der Waals surface area contributed by atoms with Crippen molar-refractivity contribution in [1.82, 2.24) is 9.38 Å². The highest BCUT2D eigenvalue weighted by Crippen LogP contribution is 2.27. The number of nitrogens with two attached hydrogens (primary N) is 1. The lowest BCUT2D eigenvalue weighted by Gasteiger charge is -2.04. The van der Waals surface area contributed by atoms with Crippen molar-refractivity contribution < 1.29 is 4.92 Å². The zero-order chi connectivity index (χ0) is 16.6. The molecule has 0 unspecified atom stereocenters. The second-order valence-electron chi connectivity index (χ2n) is 4.93. The Morgan fingerprint density at radius 3 is 2.61 bits per heavy atom. The zero-order valence-electron chi connectivity index (χ0n) is 11.8. The van der Waals surface area contributed by atoms with Crippen LogP contribution < -0.4 is 5.73 Å². The van der Waals surface area contributed by atoms with Crippen molar-refractivity contribution in [3.05, 3.63) is 63.4 Å². The number of hydrogen-bond donors (Lipinski definition) is 1. The van der Waals surface area contributed by atoms with Gasteiger partial charge in [0.15, 0.2) is 0 Å². The first kappa shape index (κ1) is 15.4. The summed E-state index contributed by atoms with van der Waals surface area (Å²) in [5.74, 6) is 0. The molecule has 0 aliphatic rings. The number of hydrogen-bond acceptors (Lipinski definition) is 4. The fourth-order valence-corrected chi connectivity index (χ4v) is 2.67. The van der Waals surface area contributed by atoms with Crippen LogP contribution in [0.2, 0.25) is 5.02 Å². The van der Waals surface area contributed by atoms with Crippen LogP contribution in [0.4, 0.5) is 5.69 Å². The molecule has 2 aromatic heterocycles. The Morgan fingerprint density at radius 2 is 2.00 bits per heavy atom. The molecule has 1 aromatic carbocycles. The molecule has 23 heavy (non-hydrogen) atoms. The van der Waals surface area contributed by atoms with E-state index in [4.69, 9.17) is 29.6 Å². The number of thiocarbonyl (C=S) groups is 1. The van der Waals surface area contributed by atoms with Gasteiger partial charge in [0.1, 0.15) is 5.65 Å². The number of nitro groups is 1. The molecule has 116 valence electrons. The first-order valence-electron chi connectivity index (χ1n) is 6.65. The van der Waals surface area contributed by atoms with Crippen LogP contribution in [-0.2, 0) is 6.42 Å². The molecule has 3 rings (SSSR count). The molecular formula is C15H11ClN4O2S. The molecule has 2 N–H and O–H groups in total. The SMILES string of the molecule is NC(=S)Cc1c(-c2ccc([N+](=O)[O-])cc2)nc2ccc(Cl)cn12. The van der Waals surface area contributed by atoms with Gasteiger partial charge >= 0.3 is 0 Å². The van der Waals surface area contributed by atoms with E-state index in [1.54, 1.807) is 30.5 Å². The summed E-state index contributed by atoms with van der Waals surface area (Å²) >= 11 is 11.1. The molecule has 0 bridgehead atoms. The minimum absolute atomic E-state index is 0.0245. The summed E-state index contributed by atoms with van der Waals surface area (Å²) in [6.45, 7) is 0. The first-order valence-corrected chi connectivity index (χ1v) is 7.44. The quantitative estimate of drug-likeness (QED) is 0.444. The van der Waals surface area contributed by atoms with Crippen LogP contribution in [-0.4, -0.2) is 19.3 Å². The van der Waals surface area contributed by atoms with E-state index in [1.165, 1.54) is 12.1 Å². The van der Waals surface area contributed by atoms with E-state index in [2.05, 4.69) is 4.98 Å². The molecule has 2 heterocycles. The van der Waals surface area contributed by atoms with Crippen LogP contribution in [0.5, 0.6) is 0 Å². The Morgan fingerprint density at radius 1 is 1.30 bits per heavy atom. The van der Waals surface area contributed by atoms with Gasteiger partial charge in [-0.1, -0.05) is 23.8 Å². The van der Waals surface area contributed by atoms with Crippen LogP contribution in [0, 0.1) is 10.1 Å². The Balaban J connectivity index is 2.19. The number of aromatic nitrogens is 2. The summed E-state index contributed by atoms with van der Waals surface area (Å²) < 4.78 is 1.83. The fourth-order valence-electron chi connectivity index (χ4n) is 2.37. The number of rotatable bonds is 4. The van der Waals surface area contributed by atoms with E-state index >= 15 is 0 Å². The largest absolute Gasteiger partial charge is 0.393 e. The molecule has 0 saturated carbocycles. The maximum absolute atomic E-state index is 10.8. The summed E-state index contributed by atoms with van der Waals surface area (Å²) in [6, 6.07) is 9.73. The Kier molecular flexibility index (Phi) is 3.97. The fraction of sp³-hybridized carbons (Fsp3) is 0.0667. The van der Waals surface area contributed by atoms with Crippen LogP contribution in [0.25, 0.3) is 16.9 Å². The van der Waals surface area contributed by atoms with Crippen LogP contribution in [0.1, 0.15) is 5.69 Å². The predicted molar refractivity (Wildman–Crippen MR) is 92.8 cm³/mol. The van der Waals surface area contributed by atoms with E-state index < -0.39 is 4.92 Å². The van der Waals surface area contributed by atoms with E-state index in [0.717, 1.165) is 11.3 Å². The number of imidazole rings is 1. The second kappa shape index (κ2) is 5.94. The normalized spacial score (nSPS) is 10.8. The average molecular weight is 347 g/mol. The summed E-state index contributed by atoms with van der Waals surface area (Å²) in [4.78, 5) is 15.2. The van der Waals surface area contributed by atoms with Gasteiger partial charge in [0.2, 0.25) is 0 Å². The third kappa shape index (κ3) is 3.01. The van der Waals surface area contributed by atoms with Crippen molar-refractivity contribution >= 4 is 40.1 Å². The van der Waals surface area contributed by atoms with Crippen molar-refractivity contribution in [3.8, 4) is 11.3 Å². The van der Waals surface area contributed by atoms with Crippen LogP contribution in [0.15, 0.2) is 42.6 Å². The molecule has 3 aromatic rings. The molecule has 8 heteroatoms. The Hall–Kier alpha value is -2.51. The summed E-state index contributed by atoms with van der Waals surface area (Å²) in [6.07, 6.45) is 2.09. The van der Waals surface area contributed by atoms with Crippen LogP contribution in [0.3, 0.4) is 0 Å². The number of pyridine rings is 1. The number of nitro benzene ring substituents is 1. The minimum Gasteiger partial charge on any atom is -0.393 e. The van der Waals surface area contributed by atoms with Gasteiger partial charge in [-0.2, -0.15) is 0 Å². The molecule has 0 atom stereocenters. The van der Waals surface area contributed by atoms with Gasteiger partial charge in [-0.3, -0.25) is 10.1 Å². The Bertz CT molecular complexity index is 921. The minimum atomic E-state index is -0.441. The number of fused-ring (bicyclic) bond motifs is 1. The number of halogens is 1. The maximum atomic E-state index is 10.8. The summed E-state index contributed by atoms with van der Waals surface area (Å²) in [5, 5.41) is 11.3. The van der Waals surface area contributed by atoms with Gasteiger partial charge in [0.05, 0.1) is 26.3 Å². The van der Waals surface area contributed by atoms with Gasteiger partial charge in [-0.15, -0.1) is 0 Å². The maximum Gasteiger partial charge on any atom is 0.269 e. The van der Waals surface area contributed by atoms with E-state index in [0.29, 0.717) is 27.8 Å². The van der Waals surface area contributed by atoms with Crippen molar-refractivity contribution in [1.29, 1.82) is 0 Å². The summed E-state index contributed by atoms with van der Waals surface area (Å²) in [7, 11) is 0. The van der Waals surface area contributed by atoms with Crippen LogP contribution >= 0.6 is 23.8 Å². The molecule has 6 nitrogen and oxygen atoms in total. The van der Waals surface area contributed by atoms with Gasteiger partial charge < -0.3 is 10.1 Å². The number of benzene rings is 1. The highest BCUT2D eigenvalue weighted by molar-refractivity contribution is 7.80. The monoisotopic (exact) mass is 346 g/mol. The molecule has 0 amide bonds. The second-order valence-corrected chi connectivity index (χ2v) is 5.89. The van der Waals surface area contributed by atoms with E-state index in [-0.39, 0.29) is 5.69 Å². The molecule has 0 saturated heterocycles. The average Bonchev–Trinajstić information content (AvgIpc) is 2.85. The van der Waals surface area contributed by atoms with Crippen molar-refractivity contribution in [2.45, 2.75) is 6.42 Å². The Labute approximate surface area is 141 Å². The standard InChI is InChI=1S/C15H11ClN4O2S/c16-10-3-6-14-18-15(12(7-13(17)23)19(14)8-10)9-1-4-11(5-2-9)20(21)22/h1-6,8H,7H2,(H2,17,23). The third-order valence-electron chi connectivity index (χ3n) is 3.37. The number of non-ortho nitro benzene ring substituents is 1. The molecular weight excluding hydrogens is 336 g/mol. The van der Waals surface area contributed by atoms with Crippen molar-refractivity contribution in [3.63, 3.8) is 0 Å². The zero-order valence-corrected chi connectivity index (χ0v) is 13.3. The lowest BCUT2D eigenvalue weighted by Crippen LogP contribution is -2.13. The molecule has 0 spiro atoms. The van der Waals surface area contributed by atoms with Crippen molar-refractivity contribution in [2.24, 2.45) is 5.73 Å². The highest BCUT2D eigenvalue weighted by Gasteiger charge is 2.16. The summed E-state index contributed by atoms with van der Waals surface area (Å²) in [5.41, 5.74) is 8.64. The van der Waals surface area contributed by atoms with E-state index in [9.17, 15) is 10.1 Å². The molecule has 0 aliphatic carbocycles. The first-order chi connectivity index (χ1) is 11.0.